The Kier molecular flexibility index (Phi) is 5.43. The topological polar surface area (TPSA) is 35.2 Å². The molecule has 1 rings (SSSR count). The highest BCUT2D eigenvalue weighted by molar-refractivity contribution is 5.20. The second-order valence-electron chi connectivity index (χ2n) is 4.19. The monoisotopic (exact) mass is 225 g/mol. The van der Waals surface area contributed by atoms with Crippen LogP contribution in [0.3, 0.4) is 0 Å². The highest BCUT2D eigenvalue weighted by Crippen LogP contribution is 2.19. The van der Waals surface area contributed by atoms with Crippen molar-refractivity contribution in [1.29, 1.82) is 0 Å². The van der Waals surface area contributed by atoms with Crippen LogP contribution in [0.5, 0.6) is 0 Å². The normalized spacial score (nSPS) is 13.1. The summed E-state index contributed by atoms with van der Waals surface area (Å²) in [6.07, 6.45) is 1.12. The molecule has 1 atom stereocenters. The van der Waals surface area contributed by atoms with Crippen LogP contribution in [0.4, 0.5) is 4.39 Å². The minimum Gasteiger partial charge on any atom is -0.379 e. The Labute approximate surface area is 96.6 Å². The number of nitrogens with two attached hydrogens (primary N) is 1. The number of halogens is 1. The fourth-order valence-electron chi connectivity index (χ4n) is 1.60. The van der Waals surface area contributed by atoms with Crippen LogP contribution in [0.2, 0.25) is 0 Å². The van der Waals surface area contributed by atoms with E-state index >= 15 is 0 Å². The maximum absolute atomic E-state index is 12.8. The van der Waals surface area contributed by atoms with E-state index in [0.717, 1.165) is 12.0 Å². The molecule has 0 aromatic heterocycles. The van der Waals surface area contributed by atoms with Gasteiger partial charge in [-0.1, -0.05) is 12.1 Å². The summed E-state index contributed by atoms with van der Waals surface area (Å²) in [6, 6.07) is 6.53. The van der Waals surface area contributed by atoms with Crippen LogP contribution in [0.15, 0.2) is 24.3 Å². The van der Waals surface area contributed by atoms with Gasteiger partial charge in [-0.15, -0.1) is 0 Å². The van der Waals surface area contributed by atoms with Crippen LogP contribution >= 0.6 is 0 Å². The van der Waals surface area contributed by atoms with E-state index in [2.05, 4.69) is 0 Å². The summed E-state index contributed by atoms with van der Waals surface area (Å²) in [6.45, 7) is 5.27. The molecule has 0 saturated carbocycles. The van der Waals surface area contributed by atoms with Gasteiger partial charge in [-0.25, -0.2) is 4.39 Å². The van der Waals surface area contributed by atoms with Crippen molar-refractivity contribution >= 4 is 0 Å². The third kappa shape index (κ3) is 4.29. The van der Waals surface area contributed by atoms with E-state index in [-0.39, 0.29) is 17.8 Å². The Bertz CT molecular complexity index is 297. The first kappa shape index (κ1) is 13.1. The first-order valence-electron chi connectivity index (χ1n) is 5.70. The van der Waals surface area contributed by atoms with Crippen molar-refractivity contribution in [2.75, 3.05) is 13.2 Å². The fourth-order valence-corrected chi connectivity index (χ4v) is 1.60. The van der Waals surface area contributed by atoms with Crippen LogP contribution in [0, 0.1) is 5.82 Å². The third-order valence-electron chi connectivity index (χ3n) is 2.54. The summed E-state index contributed by atoms with van der Waals surface area (Å²) in [5, 5.41) is 0. The SMILES string of the molecule is CC(C)OCCC(CN)c1ccc(F)cc1. The molecule has 0 aliphatic heterocycles. The molecule has 0 amide bonds. The summed E-state index contributed by atoms with van der Waals surface area (Å²) < 4.78 is 18.2. The third-order valence-corrected chi connectivity index (χ3v) is 2.54. The summed E-state index contributed by atoms with van der Waals surface area (Å²) in [4.78, 5) is 0. The Morgan fingerprint density at radius 2 is 1.88 bits per heavy atom. The lowest BCUT2D eigenvalue weighted by atomic mass is 9.96. The lowest BCUT2D eigenvalue weighted by molar-refractivity contribution is 0.0737. The van der Waals surface area contributed by atoms with Gasteiger partial charge in [0.15, 0.2) is 0 Å². The smallest absolute Gasteiger partial charge is 0.123 e. The van der Waals surface area contributed by atoms with E-state index in [1.54, 1.807) is 12.1 Å². The maximum Gasteiger partial charge on any atom is 0.123 e. The van der Waals surface area contributed by atoms with Crippen LogP contribution in [-0.4, -0.2) is 19.3 Å². The van der Waals surface area contributed by atoms with Crippen LogP contribution in [0.1, 0.15) is 31.7 Å². The van der Waals surface area contributed by atoms with E-state index in [1.807, 2.05) is 13.8 Å². The lowest BCUT2D eigenvalue weighted by Gasteiger charge is -2.16. The zero-order valence-corrected chi connectivity index (χ0v) is 9.95. The average molecular weight is 225 g/mol. The zero-order chi connectivity index (χ0) is 12.0. The molecular formula is C13H20FNO. The zero-order valence-electron chi connectivity index (χ0n) is 9.95. The molecule has 1 aromatic rings. The molecule has 0 aliphatic carbocycles. The molecule has 0 spiro atoms. The number of ether oxygens (including phenoxy) is 1. The van der Waals surface area contributed by atoms with Crippen molar-refractivity contribution < 1.29 is 9.13 Å². The Morgan fingerprint density at radius 3 is 2.38 bits per heavy atom. The second-order valence-corrected chi connectivity index (χ2v) is 4.19. The summed E-state index contributed by atoms with van der Waals surface area (Å²) >= 11 is 0. The molecule has 0 aliphatic rings. The molecule has 0 heterocycles. The van der Waals surface area contributed by atoms with Crippen molar-refractivity contribution in [3.05, 3.63) is 35.6 Å². The van der Waals surface area contributed by atoms with Gasteiger partial charge in [-0.2, -0.15) is 0 Å². The number of rotatable bonds is 6. The van der Waals surface area contributed by atoms with E-state index in [0.29, 0.717) is 13.2 Å². The van der Waals surface area contributed by atoms with Gasteiger partial charge >= 0.3 is 0 Å². The van der Waals surface area contributed by atoms with Crippen molar-refractivity contribution in [1.82, 2.24) is 0 Å². The number of hydrogen-bond donors (Lipinski definition) is 1. The van der Waals surface area contributed by atoms with Gasteiger partial charge in [0.25, 0.3) is 0 Å². The summed E-state index contributed by atoms with van der Waals surface area (Å²) in [7, 11) is 0. The van der Waals surface area contributed by atoms with E-state index in [9.17, 15) is 4.39 Å². The first-order valence-corrected chi connectivity index (χ1v) is 5.70. The fraction of sp³-hybridized carbons (Fsp3) is 0.538. The number of benzene rings is 1. The predicted molar refractivity (Wildman–Crippen MR) is 63.9 cm³/mol. The van der Waals surface area contributed by atoms with E-state index in [4.69, 9.17) is 10.5 Å². The lowest BCUT2D eigenvalue weighted by Crippen LogP contribution is -2.16. The molecule has 1 aromatic carbocycles. The Morgan fingerprint density at radius 1 is 1.25 bits per heavy atom. The van der Waals surface area contributed by atoms with Crippen molar-refractivity contribution in [3.8, 4) is 0 Å². The van der Waals surface area contributed by atoms with Gasteiger partial charge in [0.2, 0.25) is 0 Å². The molecule has 1 unspecified atom stereocenters. The van der Waals surface area contributed by atoms with E-state index < -0.39 is 0 Å². The van der Waals surface area contributed by atoms with Gasteiger partial charge in [-0.05, 0) is 50.4 Å². The first-order chi connectivity index (χ1) is 7.63. The quantitative estimate of drug-likeness (QED) is 0.808. The maximum atomic E-state index is 12.8. The Hall–Kier alpha value is -0.930. The number of hydrogen-bond acceptors (Lipinski definition) is 2. The van der Waals surface area contributed by atoms with Gasteiger partial charge < -0.3 is 10.5 Å². The molecule has 3 heteroatoms. The molecule has 0 fully saturated rings. The predicted octanol–water partition coefficient (Wildman–Crippen LogP) is 2.68. The van der Waals surface area contributed by atoms with Crippen LogP contribution in [-0.2, 0) is 4.74 Å². The average Bonchev–Trinajstić information content (AvgIpc) is 2.26. The molecule has 0 saturated heterocycles. The van der Waals surface area contributed by atoms with Gasteiger partial charge in [0, 0.05) is 6.61 Å². The van der Waals surface area contributed by atoms with Crippen molar-refractivity contribution in [2.45, 2.75) is 32.3 Å². The largest absolute Gasteiger partial charge is 0.379 e. The molecule has 16 heavy (non-hydrogen) atoms. The van der Waals surface area contributed by atoms with Crippen LogP contribution in [0.25, 0.3) is 0 Å². The highest BCUT2D eigenvalue weighted by Gasteiger charge is 2.09. The van der Waals surface area contributed by atoms with E-state index in [1.165, 1.54) is 12.1 Å². The van der Waals surface area contributed by atoms with Gasteiger partial charge in [0.1, 0.15) is 5.82 Å². The molecule has 2 nitrogen and oxygen atoms in total. The highest BCUT2D eigenvalue weighted by atomic mass is 19.1. The molecule has 2 N–H and O–H groups in total. The summed E-state index contributed by atoms with van der Waals surface area (Å²) in [5.74, 6) is 0.0392. The minimum atomic E-state index is -0.210. The Balaban J connectivity index is 2.50. The standard InChI is InChI=1S/C13H20FNO/c1-10(2)16-8-7-12(9-15)11-3-5-13(14)6-4-11/h3-6,10,12H,7-9,15H2,1-2H3. The minimum absolute atomic E-state index is 0.210. The van der Waals surface area contributed by atoms with Crippen molar-refractivity contribution in [3.63, 3.8) is 0 Å². The molecule has 90 valence electrons. The second kappa shape index (κ2) is 6.61. The van der Waals surface area contributed by atoms with Gasteiger partial charge in [-0.3, -0.25) is 0 Å². The summed E-state index contributed by atoms with van der Waals surface area (Å²) in [5.41, 5.74) is 6.79. The van der Waals surface area contributed by atoms with Crippen LogP contribution < -0.4 is 5.73 Å². The van der Waals surface area contributed by atoms with Gasteiger partial charge in [0.05, 0.1) is 6.10 Å². The van der Waals surface area contributed by atoms with Crippen molar-refractivity contribution in [2.24, 2.45) is 5.73 Å². The molecule has 0 radical (unpaired) electrons. The molecular weight excluding hydrogens is 205 g/mol. The molecule has 0 bridgehead atoms.